The first kappa shape index (κ1) is 16.0. The Kier molecular flexibility index (Phi) is 5.74. The first-order valence-corrected chi connectivity index (χ1v) is 7.36. The summed E-state index contributed by atoms with van der Waals surface area (Å²) in [5.41, 5.74) is 1.85. The summed E-state index contributed by atoms with van der Waals surface area (Å²) in [7, 11) is 0. The van der Waals surface area contributed by atoms with Crippen molar-refractivity contribution in [1.29, 1.82) is 0 Å². The Bertz CT molecular complexity index is 587. The van der Waals surface area contributed by atoms with Gasteiger partial charge in [-0.25, -0.2) is 0 Å². The van der Waals surface area contributed by atoms with Crippen molar-refractivity contribution in [1.82, 2.24) is 0 Å². The fraction of sp³-hybridized carbons (Fsp3) is 0.250. The number of aryl methyl sites for hydroxylation is 1. The fourth-order valence-corrected chi connectivity index (χ4v) is 2.01. The Labute approximate surface area is 134 Å². The number of rotatable bonds is 6. The number of nitrogens with one attached hydrogen (secondary N) is 1. The van der Waals surface area contributed by atoms with Gasteiger partial charge in [-0.3, -0.25) is 0 Å². The van der Waals surface area contributed by atoms with Gasteiger partial charge in [-0.05, 0) is 55.0 Å². The summed E-state index contributed by atoms with van der Waals surface area (Å²) in [5, 5.41) is 14.4. The van der Waals surface area contributed by atoms with Crippen LogP contribution >= 0.6 is 23.2 Å². The molecule has 0 aliphatic rings. The Morgan fingerprint density at radius 1 is 1.14 bits per heavy atom. The minimum atomic E-state index is -0.614. The quantitative estimate of drug-likeness (QED) is 0.838. The fourth-order valence-electron chi connectivity index (χ4n) is 1.76. The maximum Gasteiger partial charge on any atom is 0.119 e. The predicted octanol–water partition coefficient (Wildman–Crippen LogP) is 4.15. The molecule has 0 aromatic heterocycles. The van der Waals surface area contributed by atoms with Crippen molar-refractivity contribution in [2.24, 2.45) is 0 Å². The van der Waals surface area contributed by atoms with E-state index in [9.17, 15) is 5.11 Å². The minimum Gasteiger partial charge on any atom is -0.491 e. The van der Waals surface area contributed by atoms with Crippen molar-refractivity contribution in [3.8, 4) is 5.75 Å². The lowest BCUT2D eigenvalue weighted by Gasteiger charge is -2.14. The normalized spacial score (nSPS) is 12.0. The SMILES string of the molecule is Cc1cc(OCC(O)CNc2ccc(Cl)cc2)ccc1Cl. The molecule has 112 valence electrons. The molecule has 0 fully saturated rings. The van der Waals surface area contributed by atoms with Crippen molar-refractivity contribution in [2.75, 3.05) is 18.5 Å². The lowest BCUT2D eigenvalue weighted by Crippen LogP contribution is -2.26. The second-order valence-electron chi connectivity index (χ2n) is 4.76. The summed E-state index contributed by atoms with van der Waals surface area (Å²) >= 11 is 11.8. The van der Waals surface area contributed by atoms with Crippen molar-refractivity contribution >= 4 is 28.9 Å². The second-order valence-corrected chi connectivity index (χ2v) is 5.61. The van der Waals surface area contributed by atoms with Gasteiger partial charge < -0.3 is 15.2 Å². The first-order chi connectivity index (χ1) is 10.0. The number of hydrogen-bond acceptors (Lipinski definition) is 3. The highest BCUT2D eigenvalue weighted by Gasteiger charge is 2.06. The van der Waals surface area contributed by atoms with Crippen molar-refractivity contribution in [3.05, 3.63) is 58.1 Å². The maximum atomic E-state index is 9.91. The zero-order valence-corrected chi connectivity index (χ0v) is 13.2. The monoisotopic (exact) mass is 325 g/mol. The first-order valence-electron chi connectivity index (χ1n) is 6.61. The third-order valence-electron chi connectivity index (χ3n) is 2.96. The van der Waals surface area contributed by atoms with E-state index >= 15 is 0 Å². The highest BCUT2D eigenvalue weighted by molar-refractivity contribution is 6.31. The van der Waals surface area contributed by atoms with Crippen LogP contribution in [0.2, 0.25) is 10.0 Å². The van der Waals surface area contributed by atoms with E-state index in [1.165, 1.54) is 0 Å². The standard InChI is InChI=1S/C16H17Cl2NO2/c1-11-8-15(6-7-16(11)18)21-10-14(20)9-19-13-4-2-12(17)3-5-13/h2-8,14,19-20H,9-10H2,1H3. The number of halogens is 2. The van der Waals surface area contributed by atoms with Crippen LogP contribution in [0.25, 0.3) is 0 Å². The largest absolute Gasteiger partial charge is 0.491 e. The molecule has 2 rings (SSSR count). The van der Waals surface area contributed by atoms with Crippen molar-refractivity contribution in [2.45, 2.75) is 13.0 Å². The van der Waals surface area contributed by atoms with Crippen LogP contribution in [0.15, 0.2) is 42.5 Å². The van der Waals surface area contributed by atoms with Gasteiger partial charge in [0.2, 0.25) is 0 Å². The third kappa shape index (κ3) is 5.12. The average Bonchev–Trinajstić information content (AvgIpc) is 2.48. The molecule has 2 aromatic carbocycles. The molecule has 0 saturated heterocycles. The number of anilines is 1. The number of aliphatic hydroxyl groups is 1. The van der Waals surface area contributed by atoms with Gasteiger partial charge >= 0.3 is 0 Å². The summed E-state index contributed by atoms with van der Waals surface area (Å²) in [4.78, 5) is 0. The third-order valence-corrected chi connectivity index (χ3v) is 3.63. The zero-order valence-electron chi connectivity index (χ0n) is 11.6. The smallest absolute Gasteiger partial charge is 0.119 e. The predicted molar refractivity (Wildman–Crippen MR) is 87.6 cm³/mol. The van der Waals surface area contributed by atoms with E-state index < -0.39 is 6.10 Å². The second kappa shape index (κ2) is 7.55. The minimum absolute atomic E-state index is 0.210. The molecule has 3 nitrogen and oxygen atoms in total. The number of ether oxygens (including phenoxy) is 1. The Morgan fingerprint density at radius 3 is 2.52 bits per heavy atom. The van der Waals surface area contributed by atoms with Gasteiger partial charge in [0.15, 0.2) is 0 Å². The van der Waals surface area contributed by atoms with Crippen LogP contribution in [0.5, 0.6) is 5.75 Å². The van der Waals surface area contributed by atoms with Gasteiger partial charge in [-0.2, -0.15) is 0 Å². The van der Waals surface area contributed by atoms with E-state index in [0.29, 0.717) is 22.3 Å². The van der Waals surface area contributed by atoms with E-state index in [1.807, 2.05) is 25.1 Å². The summed E-state index contributed by atoms with van der Waals surface area (Å²) in [6, 6.07) is 12.7. The van der Waals surface area contributed by atoms with E-state index in [2.05, 4.69) is 5.32 Å². The molecule has 0 spiro atoms. The number of hydrogen-bond donors (Lipinski definition) is 2. The molecule has 0 heterocycles. The van der Waals surface area contributed by atoms with Crippen LogP contribution in [0.4, 0.5) is 5.69 Å². The van der Waals surface area contributed by atoms with E-state index in [0.717, 1.165) is 11.3 Å². The molecular formula is C16H17Cl2NO2. The van der Waals surface area contributed by atoms with E-state index in [4.69, 9.17) is 27.9 Å². The van der Waals surface area contributed by atoms with Crippen LogP contribution in [0.1, 0.15) is 5.56 Å². The lowest BCUT2D eigenvalue weighted by molar-refractivity contribution is 0.117. The summed E-state index contributed by atoms with van der Waals surface area (Å²) in [5.74, 6) is 0.697. The van der Waals surface area contributed by atoms with Gasteiger partial charge in [0.1, 0.15) is 18.5 Å². The maximum absolute atomic E-state index is 9.91. The summed E-state index contributed by atoms with van der Waals surface area (Å²) in [6.07, 6.45) is -0.614. The molecule has 1 atom stereocenters. The number of aliphatic hydroxyl groups excluding tert-OH is 1. The van der Waals surface area contributed by atoms with Crippen molar-refractivity contribution < 1.29 is 9.84 Å². The Balaban J connectivity index is 1.77. The molecule has 0 radical (unpaired) electrons. The number of benzene rings is 2. The molecule has 0 amide bonds. The summed E-state index contributed by atoms with van der Waals surface area (Å²) < 4.78 is 5.54. The molecule has 0 aliphatic heterocycles. The van der Waals surface area contributed by atoms with Crippen LogP contribution in [0, 0.1) is 6.92 Å². The van der Waals surface area contributed by atoms with Crippen LogP contribution in [-0.4, -0.2) is 24.4 Å². The zero-order chi connectivity index (χ0) is 15.2. The molecule has 2 N–H and O–H groups in total. The lowest BCUT2D eigenvalue weighted by atomic mass is 10.2. The molecule has 0 bridgehead atoms. The molecule has 1 unspecified atom stereocenters. The van der Waals surface area contributed by atoms with E-state index in [1.54, 1.807) is 24.3 Å². The highest BCUT2D eigenvalue weighted by Crippen LogP contribution is 2.21. The van der Waals surface area contributed by atoms with E-state index in [-0.39, 0.29) is 6.61 Å². The van der Waals surface area contributed by atoms with Crippen molar-refractivity contribution in [3.63, 3.8) is 0 Å². The van der Waals surface area contributed by atoms with Crippen LogP contribution in [0.3, 0.4) is 0 Å². The van der Waals surface area contributed by atoms with Crippen LogP contribution < -0.4 is 10.1 Å². The molecule has 21 heavy (non-hydrogen) atoms. The topological polar surface area (TPSA) is 41.5 Å². The highest BCUT2D eigenvalue weighted by atomic mass is 35.5. The Morgan fingerprint density at radius 2 is 1.86 bits per heavy atom. The molecule has 0 aliphatic carbocycles. The molecular weight excluding hydrogens is 309 g/mol. The molecule has 0 saturated carbocycles. The van der Waals surface area contributed by atoms with Gasteiger partial charge in [-0.15, -0.1) is 0 Å². The van der Waals surface area contributed by atoms with Gasteiger partial charge in [0.05, 0.1) is 0 Å². The van der Waals surface area contributed by atoms with Gasteiger partial charge in [-0.1, -0.05) is 23.2 Å². The van der Waals surface area contributed by atoms with Gasteiger partial charge in [0, 0.05) is 22.3 Å². The van der Waals surface area contributed by atoms with Gasteiger partial charge in [0.25, 0.3) is 0 Å². The molecule has 2 aromatic rings. The average molecular weight is 326 g/mol. The Hall–Kier alpha value is -1.42. The molecule has 5 heteroatoms. The van der Waals surface area contributed by atoms with Crippen LogP contribution in [-0.2, 0) is 0 Å². The summed E-state index contributed by atoms with van der Waals surface area (Å²) in [6.45, 7) is 2.52.